The molecule has 26 heavy (non-hydrogen) atoms. The molecule has 2 fully saturated rings. The van der Waals surface area contributed by atoms with Gasteiger partial charge in [0.2, 0.25) is 0 Å². The lowest BCUT2D eigenvalue weighted by Crippen LogP contribution is -2.61. The maximum atomic E-state index is 12.3. The highest BCUT2D eigenvalue weighted by Gasteiger charge is 2.49. The molecule has 2 rings (SSSR count). The van der Waals surface area contributed by atoms with Crippen LogP contribution < -0.4 is 0 Å². The molecule has 2 atom stereocenters. The van der Waals surface area contributed by atoms with Crippen molar-refractivity contribution >= 4 is 11.9 Å². The minimum Gasteiger partial charge on any atom is -0.468 e. The molecule has 2 saturated heterocycles. The number of esters is 2. The van der Waals surface area contributed by atoms with Gasteiger partial charge in [0, 0.05) is 23.6 Å². The Morgan fingerprint density at radius 3 is 2.04 bits per heavy atom. The van der Waals surface area contributed by atoms with Crippen LogP contribution in [-0.2, 0) is 28.6 Å². The fourth-order valence-electron chi connectivity index (χ4n) is 4.28. The fraction of sp³-hybridized carbons (Fsp3) is 0.895. The molecule has 0 aromatic heterocycles. The zero-order chi connectivity index (χ0) is 19.5. The van der Waals surface area contributed by atoms with E-state index < -0.39 is 30.1 Å². The third kappa shape index (κ3) is 4.38. The highest BCUT2D eigenvalue weighted by molar-refractivity contribution is 5.95. The van der Waals surface area contributed by atoms with Gasteiger partial charge in [-0.1, -0.05) is 0 Å². The van der Waals surface area contributed by atoms with E-state index in [9.17, 15) is 9.59 Å². The largest absolute Gasteiger partial charge is 0.468 e. The number of ether oxygens (including phenoxy) is 3. The molecule has 0 N–H and O–H groups in total. The van der Waals surface area contributed by atoms with Crippen LogP contribution in [0, 0.1) is 11.8 Å². The maximum absolute atomic E-state index is 12.3. The second kappa shape index (κ2) is 8.23. The summed E-state index contributed by atoms with van der Waals surface area (Å²) in [7, 11) is 2.54. The first-order valence-electron chi connectivity index (χ1n) is 9.38. The Labute approximate surface area is 156 Å². The van der Waals surface area contributed by atoms with Gasteiger partial charge in [0.15, 0.2) is 12.2 Å². The second-order valence-corrected chi connectivity index (χ2v) is 8.45. The van der Waals surface area contributed by atoms with Crippen LogP contribution in [0.5, 0.6) is 0 Å². The lowest BCUT2D eigenvalue weighted by Gasteiger charge is -2.53. The lowest BCUT2D eigenvalue weighted by molar-refractivity contribution is -0.372. The van der Waals surface area contributed by atoms with Crippen LogP contribution in [0.15, 0.2) is 0 Å². The average molecular weight is 371 g/mol. The summed E-state index contributed by atoms with van der Waals surface area (Å²) in [4.78, 5) is 30.9. The summed E-state index contributed by atoms with van der Waals surface area (Å²) in [5.74, 6) is -2.72. The van der Waals surface area contributed by atoms with Gasteiger partial charge in [-0.15, -0.1) is 0 Å². The van der Waals surface area contributed by atoms with E-state index in [4.69, 9.17) is 19.0 Å². The number of methoxy groups -OCH3 is 2. The molecule has 0 aromatic rings. The molecule has 0 radical (unpaired) electrons. The smallest absolute Gasteiger partial charge is 0.320 e. The van der Waals surface area contributed by atoms with Crippen LogP contribution in [0.4, 0.5) is 0 Å². The van der Waals surface area contributed by atoms with Crippen LogP contribution in [0.2, 0.25) is 0 Å². The minimum absolute atomic E-state index is 0.168. The molecular weight excluding hydrogens is 338 g/mol. The molecule has 2 aliphatic heterocycles. The molecular formula is C19H33NO6. The van der Waals surface area contributed by atoms with Crippen molar-refractivity contribution in [1.82, 2.24) is 5.06 Å². The van der Waals surface area contributed by atoms with E-state index in [-0.39, 0.29) is 11.1 Å². The Morgan fingerprint density at radius 1 is 1.00 bits per heavy atom. The highest BCUT2D eigenvalue weighted by Crippen LogP contribution is 2.41. The van der Waals surface area contributed by atoms with Crippen molar-refractivity contribution in [2.75, 3.05) is 20.8 Å². The lowest BCUT2D eigenvalue weighted by atomic mass is 9.82. The Morgan fingerprint density at radius 2 is 1.54 bits per heavy atom. The predicted octanol–water partition coefficient (Wildman–Crippen LogP) is 2.68. The van der Waals surface area contributed by atoms with Gasteiger partial charge in [-0.25, -0.2) is 0 Å². The van der Waals surface area contributed by atoms with Crippen LogP contribution in [0.25, 0.3) is 0 Å². The van der Waals surface area contributed by atoms with Crippen molar-refractivity contribution < 1.29 is 28.6 Å². The average Bonchev–Trinajstić information content (AvgIpc) is 2.58. The number of hydrogen-bond donors (Lipinski definition) is 0. The standard InChI is InChI=1S/C19H33NO6/c1-18(2)10-8-11-19(3,4)20(18)26-17-13(9-7-12-25-17)14(15(21)23-5)16(22)24-6/h13-14,17H,7-12H2,1-6H3/t13-,17-/m1/s1. The summed E-state index contributed by atoms with van der Waals surface area (Å²) in [5, 5.41) is 2.00. The zero-order valence-electron chi connectivity index (χ0n) is 16.9. The number of hydroxylamine groups is 2. The van der Waals surface area contributed by atoms with Crippen LogP contribution in [0.1, 0.15) is 59.8 Å². The molecule has 2 heterocycles. The fourth-order valence-corrected chi connectivity index (χ4v) is 4.28. The van der Waals surface area contributed by atoms with Gasteiger partial charge in [-0.2, -0.15) is 5.06 Å². The van der Waals surface area contributed by atoms with Crippen molar-refractivity contribution in [3.05, 3.63) is 0 Å². The van der Waals surface area contributed by atoms with Crippen molar-refractivity contribution in [3.63, 3.8) is 0 Å². The summed E-state index contributed by atoms with van der Waals surface area (Å²) in [6.45, 7) is 9.10. The van der Waals surface area contributed by atoms with E-state index in [0.29, 0.717) is 13.0 Å². The SMILES string of the molecule is COC(=O)C(C(=O)OC)[C@H]1CCCO[C@@H]1ON1C(C)(C)CCCC1(C)C. The molecule has 0 bridgehead atoms. The predicted molar refractivity (Wildman–Crippen MR) is 94.9 cm³/mol. The summed E-state index contributed by atoms with van der Waals surface area (Å²) in [6, 6.07) is 0. The van der Waals surface area contributed by atoms with Crippen molar-refractivity contribution in [2.45, 2.75) is 77.2 Å². The summed E-state index contributed by atoms with van der Waals surface area (Å²) < 4.78 is 15.6. The zero-order valence-corrected chi connectivity index (χ0v) is 16.9. The third-order valence-electron chi connectivity index (χ3n) is 5.54. The Balaban J connectivity index is 2.27. The number of nitrogens with zero attached hydrogens (tertiary/aromatic N) is 1. The van der Waals surface area contributed by atoms with E-state index in [1.807, 2.05) is 5.06 Å². The number of rotatable bonds is 5. The number of piperidine rings is 1. The molecule has 0 unspecified atom stereocenters. The number of carbonyl (C=O) groups is 2. The summed E-state index contributed by atoms with van der Waals surface area (Å²) in [5.41, 5.74) is -0.335. The van der Waals surface area contributed by atoms with Gasteiger partial charge in [0.25, 0.3) is 0 Å². The Kier molecular flexibility index (Phi) is 6.69. The van der Waals surface area contributed by atoms with Gasteiger partial charge < -0.3 is 14.2 Å². The van der Waals surface area contributed by atoms with Gasteiger partial charge in [-0.05, 0) is 59.8 Å². The van der Waals surface area contributed by atoms with E-state index in [0.717, 1.165) is 25.7 Å². The first-order chi connectivity index (χ1) is 12.1. The molecule has 0 aromatic carbocycles. The van der Waals surface area contributed by atoms with Gasteiger partial charge >= 0.3 is 11.9 Å². The third-order valence-corrected chi connectivity index (χ3v) is 5.54. The Hall–Kier alpha value is -1.18. The molecule has 0 saturated carbocycles. The number of carbonyl (C=O) groups excluding carboxylic acids is 2. The van der Waals surface area contributed by atoms with Gasteiger partial charge in [-0.3, -0.25) is 14.4 Å². The quantitative estimate of drug-likeness (QED) is 0.543. The van der Waals surface area contributed by atoms with E-state index in [1.165, 1.54) is 14.2 Å². The van der Waals surface area contributed by atoms with Crippen molar-refractivity contribution in [1.29, 1.82) is 0 Å². The van der Waals surface area contributed by atoms with Crippen LogP contribution >= 0.6 is 0 Å². The molecule has 150 valence electrons. The normalized spacial score (nSPS) is 28.6. The summed E-state index contributed by atoms with van der Waals surface area (Å²) >= 11 is 0. The molecule has 0 amide bonds. The highest BCUT2D eigenvalue weighted by atomic mass is 16.8. The van der Waals surface area contributed by atoms with Crippen molar-refractivity contribution in [3.8, 4) is 0 Å². The second-order valence-electron chi connectivity index (χ2n) is 8.45. The van der Waals surface area contributed by atoms with E-state index in [2.05, 4.69) is 27.7 Å². The molecule has 7 nitrogen and oxygen atoms in total. The van der Waals surface area contributed by atoms with Crippen LogP contribution in [0.3, 0.4) is 0 Å². The van der Waals surface area contributed by atoms with Gasteiger partial charge in [0.05, 0.1) is 14.2 Å². The first kappa shape index (κ1) is 21.1. The van der Waals surface area contributed by atoms with Crippen LogP contribution in [-0.4, -0.2) is 55.2 Å². The topological polar surface area (TPSA) is 74.3 Å². The molecule has 7 heteroatoms. The van der Waals surface area contributed by atoms with E-state index >= 15 is 0 Å². The van der Waals surface area contributed by atoms with E-state index in [1.54, 1.807) is 0 Å². The van der Waals surface area contributed by atoms with Crippen molar-refractivity contribution in [2.24, 2.45) is 11.8 Å². The molecule has 0 spiro atoms. The minimum atomic E-state index is -1.05. The molecule has 2 aliphatic rings. The monoisotopic (exact) mass is 371 g/mol. The molecule has 0 aliphatic carbocycles. The Bertz CT molecular complexity index is 486. The maximum Gasteiger partial charge on any atom is 0.320 e. The summed E-state index contributed by atoms with van der Waals surface area (Å²) in [6.07, 6.45) is 3.83. The number of hydrogen-bond acceptors (Lipinski definition) is 7. The first-order valence-corrected chi connectivity index (χ1v) is 9.38. The van der Waals surface area contributed by atoms with Gasteiger partial charge in [0.1, 0.15) is 0 Å².